The number of nitrogens with one attached hydrogen (secondary N) is 1. The van der Waals surface area contributed by atoms with Gasteiger partial charge in [-0.3, -0.25) is 14.5 Å². The third-order valence-corrected chi connectivity index (χ3v) is 7.36. The molecular weight excluding hydrogens is 496 g/mol. The zero-order valence-corrected chi connectivity index (χ0v) is 22.5. The fraction of sp³-hybridized carbons (Fsp3) is 0.355. The standard InChI is InChI=1S/C31H34N2O6/c1-19-8-9-20(2)24(16-19)33(31(36)22-11-13-26-28(18-22)39-15-14-38-26)29(30(35)32-23-6-4-5-7-23)21-10-12-25(34)27(17-21)37-3/h8-13,16-18,23,29,34H,4-7,14-15H2,1-3H3,(H,32,35)/t29-/m0/s1. The largest absolute Gasteiger partial charge is 0.504 e. The third-order valence-electron chi connectivity index (χ3n) is 7.36. The van der Waals surface area contributed by atoms with Gasteiger partial charge in [-0.05, 0) is 79.8 Å². The minimum atomic E-state index is -1.03. The molecule has 1 saturated carbocycles. The van der Waals surface area contributed by atoms with E-state index in [-0.39, 0.29) is 29.4 Å². The molecule has 0 saturated heterocycles. The monoisotopic (exact) mass is 530 g/mol. The van der Waals surface area contributed by atoms with Gasteiger partial charge in [-0.2, -0.15) is 0 Å². The highest BCUT2D eigenvalue weighted by Gasteiger charge is 2.36. The van der Waals surface area contributed by atoms with E-state index < -0.39 is 6.04 Å². The molecule has 1 atom stereocenters. The molecule has 1 aliphatic carbocycles. The molecule has 1 heterocycles. The van der Waals surface area contributed by atoms with E-state index in [9.17, 15) is 14.7 Å². The molecule has 8 heteroatoms. The van der Waals surface area contributed by atoms with Crippen molar-refractivity contribution in [3.63, 3.8) is 0 Å². The number of amides is 2. The molecule has 0 radical (unpaired) electrons. The van der Waals surface area contributed by atoms with Crippen LogP contribution >= 0.6 is 0 Å². The van der Waals surface area contributed by atoms with E-state index >= 15 is 0 Å². The summed E-state index contributed by atoms with van der Waals surface area (Å²) in [7, 11) is 1.45. The summed E-state index contributed by atoms with van der Waals surface area (Å²) in [6.45, 7) is 4.71. The Kier molecular flexibility index (Phi) is 7.63. The van der Waals surface area contributed by atoms with E-state index in [1.54, 1.807) is 35.2 Å². The Morgan fingerprint density at radius 2 is 1.72 bits per heavy atom. The first kappa shape index (κ1) is 26.4. The molecular formula is C31H34N2O6. The molecule has 0 bridgehead atoms. The summed E-state index contributed by atoms with van der Waals surface area (Å²) in [5.74, 6) is 0.591. The van der Waals surface area contributed by atoms with Gasteiger partial charge in [0, 0.05) is 17.3 Å². The SMILES string of the molecule is COc1cc([C@@H](C(=O)NC2CCCC2)N(C(=O)c2ccc3c(c2)OCCO3)c2cc(C)ccc2C)ccc1O. The molecule has 8 nitrogen and oxygen atoms in total. The van der Waals surface area contributed by atoms with Gasteiger partial charge in [0.1, 0.15) is 19.3 Å². The first-order valence-electron chi connectivity index (χ1n) is 13.3. The number of fused-ring (bicyclic) bond motifs is 1. The number of phenols is 1. The zero-order chi connectivity index (χ0) is 27.5. The predicted octanol–water partition coefficient (Wildman–Crippen LogP) is 5.24. The van der Waals surface area contributed by atoms with Crippen LogP contribution in [-0.4, -0.2) is 43.3 Å². The third kappa shape index (κ3) is 5.50. The number of phenolic OH excluding ortho intramolecular Hbond substituents is 1. The van der Waals surface area contributed by atoms with Crippen LogP contribution in [0.25, 0.3) is 0 Å². The van der Waals surface area contributed by atoms with Gasteiger partial charge < -0.3 is 24.6 Å². The second-order valence-electron chi connectivity index (χ2n) is 10.1. The fourth-order valence-electron chi connectivity index (χ4n) is 5.29. The van der Waals surface area contributed by atoms with E-state index in [1.165, 1.54) is 13.2 Å². The van der Waals surface area contributed by atoms with Crippen molar-refractivity contribution in [2.45, 2.75) is 51.6 Å². The molecule has 1 aliphatic heterocycles. The molecule has 39 heavy (non-hydrogen) atoms. The Hall–Kier alpha value is -4.20. The number of ether oxygens (including phenoxy) is 3. The van der Waals surface area contributed by atoms with Crippen molar-refractivity contribution in [1.82, 2.24) is 5.32 Å². The van der Waals surface area contributed by atoms with Crippen LogP contribution in [0.15, 0.2) is 54.6 Å². The second-order valence-corrected chi connectivity index (χ2v) is 10.1. The number of rotatable bonds is 7. The number of nitrogens with zero attached hydrogens (tertiary/aromatic N) is 1. The van der Waals surface area contributed by atoms with Crippen LogP contribution in [0.4, 0.5) is 5.69 Å². The van der Waals surface area contributed by atoms with Gasteiger partial charge in [0.15, 0.2) is 23.0 Å². The summed E-state index contributed by atoms with van der Waals surface area (Å²) in [4.78, 5) is 30.1. The van der Waals surface area contributed by atoms with E-state index in [4.69, 9.17) is 14.2 Å². The minimum Gasteiger partial charge on any atom is -0.504 e. The lowest BCUT2D eigenvalue weighted by molar-refractivity contribution is -0.123. The summed E-state index contributed by atoms with van der Waals surface area (Å²) < 4.78 is 16.8. The van der Waals surface area contributed by atoms with Gasteiger partial charge in [-0.1, -0.05) is 31.0 Å². The van der Waals surface area contributed by atoms with Crippen LogP contribution in [0.2, 0.25) is 0 Å². The normalized spacial score (nSPS) is 15.5. The van der Waals surface area contributed by atoms with Crippen LogP contribution in [0, 0.1) is 13.8 Å². The number of hydrogen-bond acceptors (Lipinski definition) is 6. The van der Waals surface area contributed by atoms with Crippen LogP contribution in [-0.2, 0) is 4.79 Å². The van der Waals surface area contributed by atoms with Gasteiger partial charge in [-0.15, -0.1) is 0 Å². The van der Waals surface area contributed by atoms with E-state index in [2.05, 4.69) is 5.32 Å². The highest BCUT2D eigenvalue weighted by atomic mass is 16.6. The maximum Gasteiger partial charge on any atom is 0.259 e. The van der Waals surface area contributed by atoms with Gasteiger partial charge in [0.05, 0.1) is 7.11 Å². The molecule has 0 aromatic heterocycles. The number of aromatic hydroxyl groups is 1. The van der Waals surface area contributed by atoms with Gasteiger partial charge in [-0.25, -0.2) is 0 Å². The Balaban J connectivity index is 1.66. The van der Waals surface area contributed by atoms with Crippen LogP contribution < -0.4 is 24.4 Å². The molecule has 3 aromatic rings. The Morgan fingerprint density at radius 3 is 2.46 bits per heavy atom. The van der Waals surface area contributed by atoms with Crippen LogP contribution in [0.1, 0.15) is 58.8 Å². The number of hydrogen-bond donors (Lipinski definition) is 2. The van der Waals surface area contributed by atoms with Crippen molar-refractivity contribution in [3.8, 4) is 23.0 Å². The maximum absolute atomic E-state index is 14.4. The Bertz CT molecular complexity index is 1380. The molecule has 2 aliphatic rings. The molecule has 0 unspecified atom stereocenters. The predicted molar refractivity (Wildman–Crippen MR) is 148 cm³/mol. The van der Waals surface area contributed by atoms with Crippen molar-refractivity contribution in [3.05, 3.63) is 76.9 Å². The summed E-state index contributed by atoms with van der Waals surface area (Å²) >= 11 is 0. The summed E-state index contributed by atoms with van der Waals surface area (Å²) in [5.41, 5.74) is 3.30. The zero-order valence-electron chi connectivity index (χ0n) is 22.5. The molecule has 2 N–H and O–H groups in total. The molecule has 0 spiro atoms. The minimum absolute atomic E-state index is 0.0452. The highest BCUT2D eigenvalue weighted by molar-refractivity contribution is 6.11. The first-order chi connectivity index (χ1) is 18.9. The maximum atomic E-state index is 14.4. The number of methoxy groups -OCH3 is 1. The van der Waals surface area contributed by atoms with Crippen LogP contribution in [0.5, 0.6) is 23.0 Å². The number of carbonyl (C=O) groups excluding carboxylic acids is 2. The van der Waals surface area contributed by atoms with E-state index in [1.807, 2.05) is 32.0 Å². The fourth-order valence-corrected chi connectivity index (χ4v) is 5.29. The lowest BCUT2D eigenvalue weighted by Crippen LogP contribution is -2.46. The van der Waals surface area contributed by atoms with E-state index in [0.717, 1.165) is 36.8 Å². The summed E-state index contributed by atoms with van der Waals surface area (Å²) in [6, 6.07) is 14.7. The smallest absolute Gasteiger partial charge is 0.259 e. The lowest BCUT2D eigenvalue weighted by atomic mass is 9.98. The lowest BCUT2D eigenvalue weighted by Gasteiger charge is -2.34. The number of benzene rings is 3. The first-order valence-corrected chi connectivity index (χ1v) is 13.3. The average molecular weight is 531 g/mol. The Labute approximate surface area is 228 Å². The van der Waals surface area contributed by atoms with Crippen molar-refractivity contribution in [2.24, 2.45) is 0 Å². The summed E-state index contributed by atoms with van der Waals surface area (Å²) in [6.07, 6.45) is 3.91. The highest BCUT2D eigenvalue weighted by Crippen LogP contribution is 2.38. The molecule has 2 amide bonds. The van der Waals surface area contributed by atoms with Crippen molar-refractivity contribution in [2.75, 3.05) is 25.2 Å². The van der Waals surface area contributed by atoms with Gasteiger partial charge in [0.25, 0.3) is 5.91 Å². The van der Waals surface area contributed by atoms with Gasteiger partial charge in [0.2, 0.25) is 5.91 Å². The average Bonchev–Trinajstić information content (AvgIpc) is 3.46. The number of aryl methyl sites for hydroxylation is 2. The van der Waals surface area contributed by atoms with Crippen molar-refractivity contribution < 1.29 is 28.9 Å². The number of carbonyl (C=O) groups is 2. The van der Waals surface area contributed by atoms with Crippen molar-refractivity contribution in [1.29, 1.82) is 0 Å². The molecule has 1 fully saturated rings. The van der Waals surface area contributed by atoms with Crippen molar-refractivity contribution >= 4 is 17.5 Å². The van der Waals surface area contributed by atoms with Gasteiger partial charge >= 0.3 is 0 Å². The quantitative estimate of drug-likeness (QED) is 0.434. The van der Waals surface area contributed by atoms with Crippen LogP contribution in [0.3, 0.4) is 0 Å². The number of anilines is 1. The van der Waals surface area contributed by atoms with E-state index in [0.29, 0.717) is 41.5 Å². The molecule has 5 rings (SSSR count). The topological polar surface area (TPSA) is 97.3 Å². The summed E-state index contributed by atoms with van der Waals surface area (Å²) in [5, 5.41) is 13.5. The second kappa shape index (κ2) is 11.3. The Morgan fingerprint density at radius 1 is 0.974 bits per heavy atom. The molecule has 204 valence electrons. The molecule has 3 aromatic carbocycles.